The van der Waals surface area contributed by atoms with E-state index >= 15 is 0 Å². The Morgan fingerprint density at radius 2 is 1.83 bits per heavy atom. The first-order valence-electron chi connectivity index (χ1n) is 4.85. The van der Waals surface area contributed by atoms with Crippen LogP contribution in [-0.2, 0) is 0 Å². The van der Waals surface area contributed by atoms with Crippen LogP contribution in [0, 0.1) is 11.6 Å². The van der Waals surface area contributed by atoms with Crippen LogP contribution in [0.3, 0.4) is 0 Å². The van der Waals surface area contributed by atoms with E-state index in [2.05, 4.69) is 20.3 Å². The fourth-order valence-electron chi connectivity index (χ4n) is 1.56. The summed E-state index contributed by atoms with van der Waals surface area (Å²) in [5.41, 5.74) is -0.0319. The first-order valence-corrected chi connectivity index (χ1v) is 5.22. The predicted octanol–water partition coefficient (Wildman–Crippen LogP) is 2.14. The molecule has 0 amide bonds. The zero-order chi connectivity index (χ0) is 12.7. The summed E-state index contributed by atoms with van der Waals surface area (Å²) < 4.78 is 28.2. The number of benzene rings is 1. The number of hydrogen-bond acceptors (Lipinski definition) is 4. The predicted molar refractivity (Wildman–Crippen MR) is 59.4 cm³/mol. The van der Waals surface area contributed by atoms with Gasteiger partial charge >= 0.3 is 0 Å². The Hall–Kier alpha value is -2.15. The van der Waals surface area contributed by atoms with Gasteiger partial charge < -0.3 is 0 Å². The molecule has 8 heteroatoms. The fourth-order valence-corrected chi connectivity index (χ4v) is 1.73. The third-order valence-corrected chi connectivity index (χ3v) is 2.62. The highest BCUT2D eigenvalue weighted by atomic mass is 35.5. The minimum absolute atomic E-state index is 0.0722. The third kappa shape index (κ3) is 1.52. The van der Waals surface area contributed by atoms with Crippen LogP contribution in [0.25, 0.3) is 16.9 Å². The normalized spacial score (nSPS) is 11.1. The van der Waals surface area contributed by atoms with Gasteiger partial charge in [0.05, 0.1) is 0 Å². The van der Waals surface area contributed by atoms with Crippen LogP contribution >= 0.6 is 11.6 Å². The first-order chi connectivity index (χ1) is 8.68. The van der Waals surface area contributed by atoms with Crippen LogP contribution in [0.4, 0.5) is 8.78 Å². The lowest BCUT2D eigenvalue weighted by Crippen LogP contribution is -2.04. The highest BCUT2D eigenvalue weighted by molar-refractivity contribution is 6.33. The van der Waals surface area contributed by atoms with Crippen molar-refractivity contribution >= 4 is 22.8 Å². The number of hydrogen-bond donors (Lipinski definition) is 0. The molecule has 2 aromatic heterocycles. The molecule has 0 aliphatic carbocycles. The second kappa shape index (κ2) is 3.95. The molecule has 90 valence electrons. The van der Waals surface area contributed by atoms with Gasteiger partial charge in [0.15, 0.2) is 28.0 Å². The molecule has 0 unspecified atom stereocenters. The average molecular weight is 268 g/mol. The molecule has 3 aromatic rings. The topological polar surface area (TPSA) is 56.5 Å². The van der Waals surface area contributed by atoms with Crippen molar-refractivity contribution in [2.45, 2.75) is 0 Å². The fraction of sp³-hybridized carbons (Fsp3) is 0. The zero-order valence-corrected chi connectivity index (χ0v) is 9.44. The van der Waals surface area contributed by atoms with Crippen LogP contribution in [0.1, 0.15) is 0 Å². The molecule has 0 radical (unpaired) electrons. The minimum Gasteiger partial charge on any atom is -0.222 e. The van der Waals surface area contributed by atoms with Crippen LogP contribution in [0.15, 0.2) is 24.5 Å². The number of fused-ring (bicyclic) bond motifs is 1. The van der Waals surface area contributed by atoms with Crippen molar-refractivity contribution in [2.24, 2.45) is 0 Å². The van der Waals surface area contributed by atoms with E-state index in [0.29, 0.717) is 0 Å². The molecule has 0 spiro atoms. The Bertz CT molecular complexity index is 722. The van der Waals surface area contributed by atoms with Crippen LogP contribution in [0.5, 0.6) is 0 Å². The van der Waals surface area contributed by atoms with Crippen molar-refractivity contribution < 1.29 is 8.78 Å². The molecule has 18 heavy (non-hydrogen) atoms. The van der Waals surface area contributed by atoms with Crippen molar-refractivity contribution in [2.75, 3.05) is 0 Å². The average Bonchev–Trinajstić information content (AvgIpc) is 2.75. The number of aromatic nitrogens is 5. The number of rotatable bonds is 1. The van der Waals surface area contributed by atoms with E-state index in [1.54, 1.807) is 0 Å². The van der Waals surface area contributed by atoms with Gasteiger partial charge in [-0.05, 0) is 12.1 Å². The maximum atomic E-state index is 13.6. The number of para-hydroxylation sites is 1. The lowest BCUT2D eigenvalue weighted by molar-refractivity contribution is 0.558. The Kier molecular flexibility index (Phi) is 2.41. The molecular weight excluding hydrogens is 264 g/mol. The van der Waals surface area contributed by atoms with Crippen LogP contribution < -0.4 is 0 Å². The molecular formula is C10H4ClF2N5. The van der Waals surface area contributed by atoms with Gasteiger partial charge in [-0.25, -0.2) is 18.7 Å². The smallest absolute Gasteiger partial charge is 0.188 e. The van der Waals surface area contributed by atoms with Crippen molar-refractivity contribution in [3.63, 3.8) is 0 Å². The maximum absolute atomic E-state index is 13.6. The molecule has 2 heterocycles. The summed E-state index contributed by atoms with van der Waals surface area (Å²) in [5.74, 6) is -1.53. The summed E-state index contributed by atoms with van der Waals surface area (Å²) in [7, 11) is 0. The van der Waals surface area contributed by atoms with E-state index in [4.69, 9.17) is 11.6 Å². The SMILES string of the molecule is Fc1cccc(F)c1-n1nnc2c(Cl)ncnc21. The van der Waals surface area contributed by atoms with Crippen molar-refractivity contribution in [3.8, 4) is 5.69 Å². The van der Waals surface area contributed by atoms with Crippen LogP contribution in [0.2, 0.25) is 5.15 Å². The molecule has 3 rings (SSSR count). The molecule has 0 saturated carbocycles. The Morgan fingerprint density at radius 3 is 2.56 bits per heavy atom. The third-order valence-electron chi connectivity index (χ3n) is 2.34. The Balaban J connectivity index is 2.36. The summed E-state index contributed by atoms with van der Waals surface area (Å²) in [6.45, 7) is 0. The van der Waals surface area contributed by atoms with Crippen molar-refractivity contribution in [1.29, 1.82) is 0 Å². The van der Waals surface area contributed by atoms with Gasteiger partial charge in [0.25, 0.3) is 0 Å². The van der Waals surface area contributed by atoms with Crippen molar-refractivity contribution in [3.05, 3.63) is 41.3 Å². The quantitative estimate of drug-likeness (QED) is 0.634. The standard InChI is InChI=1S/C10H4ClF2N5/c11-9-7-10(15-4-14-9)18(17-16-7)8-5(12)2-1-3-6(8)13/h1-4H. The van der Waals surface area contributed by atoms with Gasteiger partial charge in [0, 0.05) is 0 Å². The van der Waals surface area contributed by atoms with Gasteiger partial charge in [0.1, 0.15) is 12.0 Å². The summed E-state index contributed by atoms with van der Waals surface area (Å²) in [6, 6.07) is 3.50. The Morgan fingerprint density at radius 1 is 1.11 bits per heavy atom. The lowest BCUT2D eigenvalue weighted by Gasteiger charge is -2.03. The van der Waals surface area contributed by atoms with Gasteiger partial charge in [-0.15, -0.1) is 5.10 Å². The zero-order valence-electron chi connectivity index (χ0n) is 8.68. The molecule has 0 N–H and O–H groups in total. The Labute approximate surface area is 104 Å². The van der Waals surface area contributed by atoms with Gasteiger partial charge in [-0.1, -0.05) is 22.9 Å². The molecule has 0 fully saturated rings. The second-order valence-electron chi connectivity index (χ2n) is 3.41. The molecule has 0 bridgehead atoms. The van der Waals surface area contributed by atoms with Crippen LogP contribution in [-0.4, -0.2) is 25.0 Å². The summed E-state index contributed by atoms with van der Waals surface area (Å²) in [5, 5.41) is 7.42. The highest BCUT2D eigenvalue weighted by Crippen LogP contribution is 2.22. The van der Waals surface area contributed by atoms with E-state index in [1.807, 2.05) is 0 Å². The summed E-state index contributed by atoms with van der Waals surface area (Å²) >= 11 is 5.78. The minimum atomic E-state index is -0.767. The van der Waals surface area contributed by atoms with E-state index < -0.39 is 11.6 Å². The number of halogens is 3. The largest absolute Gasteiger partial charge is 0.222 e. The molecule has 0 saturated heterocycles. The van der Waals surface area contributed by atoms with E-state index in [1.165, 1.54) is 12.4 Å². The molecule has 5 nitrogen and oxygen atoms in total. The molecule has 0 atom stereocenters. The molecule has 1 aromatic carbocycles. The molecule has 0 aliphatic rings. The maximum Gasteiger partial charge on any atom is 0.188 e. The highest BCUT2D eigenvalue weighted by Gasteiger charge is 2.17. The monoisotopic (exact) mass is 267 g/mol. The van der Waals surface area contributed by atoms with E-state index in [-0.39, 0.29) is 22.0 Å². The lowest BCUT2D eigenvalue weighted by atomic mass is 10.3. The van der Waals surface area contributed by atoms with Gasteiger partial charge in [0.2, 0.25) is 0 Å². The first kappa shape index (κ1) is 11.0. The summed E-state index contributed by atoms with van der Waals surface area (Å²) in [6.07, 6.45) is 1.17. The van der Waals surface area contributed by atoms with Crippen molar-refractivity contribution in [1.82, 2.24) is 25.0 Å². The van der Waals surface area contributed by atoms with E-state index in [0.717, 1.165) is 16.8 Å². The molecule has 0 aliphatic heterocycles. The van der Waals surface area contributed by atoms with Gasteiger partial charge in [-0.2, -0.15) is 4.68 Å². The second-order valence-corrected chi connectivity index (χ2v) is 3.77. The number of nitrogens with zero attached hydrogens (tertiary/aromatic N) is 5. The summed E-state index contributed by atoms with van der Waals surface area (Å²) in [4.78, 5) is 7.58. The van der Waals surface area contributed by atoms with E-state index in [9.17, 15) is 8.78 Å². The van der Waals surface area contributed by atoms with Gasteiger partial charge in [-0.3, -0.25) is 0 Å².